The Morgan fingerprint density at radius 3 is 2.57 bits per heavy atom. The van der Waals surface area contributed by atoms with Crippen LogP contribution in [0.25, 0.3) is 10.9 Å². The van der Waals surface area contributed by atoms with Gasteiger partial charge in [0.15, 0.2) is 6.20 Å². The number of hydrogen-bond acceptors (Lipinski definition) is 2. The minimum atomic E-state index is -0.450. The zero-order valence-electron chi connectivity index (χ0n) is 10.5. The Hall–Kier alpha value is -2.04. The molecule has 0 unspecified atom stereocenters. The molecule has 0 aliphatic heterocycles. The van der Waals surface area contributed by atoms with Crippen molar-refractivity contribution in [2.24, 2.45) is 0 Å². The smallest absolute Gasteiger partial charge is 0.229 e. The summed E-state index contributed by atoms with van der Waals surface area (Å²) in [5.41, 5.74) is 0.373. The first-order chi connectivity index (χ1) is 10.0. The summed E-state index contributed by atoms with van der Waals surface area (Å²) in [5.74, 6) is 0.287. The first kappa shape index (κ1) is 13.9. The van der Waals surface area contributed by atoms with Gasteiger partial charge in [-0.25, -0.2) is 4.39 Å². The summed E-state index contributed by atoms with van der Waals surface area (Å²) >= 11 is 11.8. The average molecular weight is 324 g/mol. The Morgan fingerprint density at radius 1 is 1.00 bits per heavy atom. The molecule has 1 heterocycles. The Morgan fingerprint density at radius 2 is 1.81 bits per heavy atom. The van der Waals surface area contributed by atoms with Gasteiger partial charge in [0.05, 0.1) is 10.4 Å². The lowest BCUT2D eigenvalue weighted by atomic mass is 10.2. The number of rotatable bonds is 2. The van der Waals surface area contributed by atoms with Crippen LogP contribution in [0.2, 0.25) is 10.0 Å². The standard InChI is InChI=1S/C15H8Cl2FNO2/c16-9-1-3-11-13(7-9)19(20)6-5-14(11)21-15-4-2-10(18)8-12(15)17/h1-8H. The number of aromatic nitrogens is 1. The number of fused-ring (bicyclic) bond motifs is 1. The van der Waals surface area contributed by atoms with Crippen molar-refractivity contribution in [1.82, 2.24) is 0 Å². The van der Waals surface area contributed by atoms with Crippen LogP contribution in [-0.2, 0) is 0 Å². The Kier molecular flexibility index (Phi) is 3.57. The fraction of sp³-hybridized carbons (Fsp3) is 0. The fourth-order valence-corrected chi connectivity index (χ4v) is 2.34. The van der Waals surface area contributed by atoms with E-state index in [1.807, 2.05) is 0 Å². The van der Waals surface area contributed by atoms with Crippen molar-refractivity contribution in [3.8, 4) is 11.5 Å². The van der Waals surface area contributed by atoms with Crippen LogP contribution < -0.4 is 9.47 Å². The maximum atomic E-state index is 13.0. The first-order valence-corrected chi connectivity index (χ1v) is 6.74. The van der Waals surface area contributed by atoms with Gasteiger partial charge in [0.1, 0.15) is 17.3 Å². The van der Waals surface area contributed by atoms with Gasteiger partial charge in [-0.3, -0.25) is 0 Å². The summed E-state index contributed by atoms with van der Waals surface area (Å²) in [7, 11) is 0. The van der Waals surface area contributed by atoms with Crippen molar-refractivity contribution in [2.45, 2.75) is 0 Å². The molecular formula is C15H8Cl2FNO2. The van der Waals surface area contributed by atoms with Crippen LogP contribution in [0.3, 0.4) is 0 Å². The number of halogens is 3. The number of pyridine rings is 1. The van der Waals surface area contributed by atoms with Crippen LogP contribution in [0.4, 0.5) is 4.39 Å². The molecule has 2 aromatic carbocycles. The van der Waals surface area contributed by atoms with Gasteiger partial charge in [-0.05, 0) is 30.3 Å². The molecule has 106 valence electrons. The van der Waals surface area contributed by atoms with Crippen LogP contribution in [0.1, 0.15) is 0 Å². The van der Waals surface area contributed by atoms with E-state index in [2.05, 4.69) is 0 Å². The van der Waals surface area contributed by atoms with Crippen LogP contribution >= 0.6 is 23.2 Å². The van der Waals surface area contributed by atoms with Crippen molar-refractivity contribution in [2.75, 3.05) is 0 Å². The predicted octanol–water partition coefficient (Wildman–Crippen LogP) is 4.71. The molecule has 1 aromatic heterocycles. The molecule has 3 nitrogen and oxygen atoms in total. The zero-order valence-corrected chi connectivity index (χ0v) is 12.0. The zero-order chi connectivity index (χ0) is 15.0. The quantitative estimate of drug-likeness (QED) is 0.505. The molecule has 0 atom stereocenters. The molecule has 0 aliphatic rings. The molecule has 0 bridgehead atoms. The summed E-state index contributed by atoms with van der Waals surface area (Å²) in [5, 5.41) is 13.0. The van der Waals surface area contributed by atoms with Crippen molar-refractivity contribution in [3.05, 3.63) is 69.7 Å². The van der Waals surface area contributed by atoms with Crippen molar-refractivity contribution < 1.29 is 13.9 Å². The molecule has 0 saturated heterocycles. The fourth-order valence-electron chi connectivity index (χ4n) is 1.97. The second-order valence-corrected chi connectivity index (χ2v) is 5.19. The molecule has 6 heteroatoms. The largest absolute Gasteiger partial charge is 0.618 e. The third kappa shape index (κ3) is 2.73. The summed E-state index contributed by atoms with van der Waals surface area (Å²) in [6, 6.07) is 10.2. The topological polar surface area (TPSA) is 36.2 Å². The highest BCUT2D eigenvalue weighted by molar-refractivity contribution is 6.32. The number of hydrogen-bond donors (Lipinski definition) is 0. The minimum absolute atomic E-state index is 0.149. The van der Waals surface area contributed by atoms with Crippen LogP contribution in [0.15, 0.2) is 48.7 Å². The predicted molar refractivity (Wildman–Crippen MR) is 79.4 cm³/mol. The summed E-state index contributed by atoms with van der Waals surface area (Å²) in [6.07, 6.45) is 1.31. The number of ether oxygens (including phenoxy) is 1. The molecule has 0 fully saturated rings. The lowest BCUT2D eigenvalue weighted by Gasteiger charge is -2.10. The van der Waals surface area contributed by atoms with E-state index in [4.69, 9.17) is 27.9 Å². The second-order valence-electron chi connectivity index (χ2n) is 4.34. The minimum Gasteiger partial charge on any atom is -0.618 e. The summed E-state index contributed by atoms with van der Waals surface area (Å²) < 4.78 is 19.4. The highest BCUT2D eigenvalue weighted by Gasteiger charge is 2.13. The molecule has 3 aromatic rings. The third-order valence-electron chi connectivity index (χ3n) is 2.94. The highest BCUT2D eigenvalue weighted by atomic mass is 35.5. The molecule has 3 rings (SSSR count). The number of nitrogens with zero attached hydrogens (tertiary/aromatic N) is 1. The molecule has 21 heavy (non-hydrogen) atoms. The van der Waals surface area contributed by atoms with E-state index >= 15 is 0 Å². The van der Waals surface area contributed by atoms with E-state index in [-0.39, 0.29) is 5.02 Å². The van der Waals surface area contributed by atoms with Crippen molar-refractivity contribution >= 4 is 34.1 Å². The third-order valence-corrected chi connectivity index (χ3v) is 3.47. The second kappa shape index (κ2) is 5.39. The Labute approximate surface area is 129 Å². The van der Waals surface area contributed by atoms with Gasteiger partial charge in [0, 0.05) is 17.2 Å². The normalized spacial score (nSPS) is 10.8. The molecule has 0 spiro atoms. The van der Waals surface area contributed by atoms with E-state index in [1.165, 1.54) is 24.4 Å². The first-order valence-electron chi connectivity index (χ1n) is 5.99. The molecule has 0 aliphatic carbocycles. The SMILES string of the molecule is [O-][n+]1ccc(Oc2ccc(F)cc2Cl)c2ccc(Cl)cc21. The van der Waals surface area contributed by atoms with Crippen LogP contribution in [0, 0.1) is 11.0 Å². The van der Waals surface area contributed by atoms with Gasteiger partial charge in [-0.1, -0.05) is 23.2 Å². The molecule has 0 amide bonds. The molecule has 0 saturated carbocycles. The van der Waals surface area contributed by atoms with Gasteiger partial charge < -0.3 is 9.94 Å². The molecule has 0 radical (unpaired) electrons. The Bertz CT molecular complexity index is 839. The van der Waals surface area contributed by atoms with E-state index < -0.39 is 5.82 Å². The van der Waals surface area contributed by atoms with E-state index in [0.29, 0.717) is 32.2 Å². The van der Waals surface area contributed by atoms with Gasteiger partial charge in [0.25, 0.3) is 0 Å². The van der Waals surface area contributed by atoms with Gasteiger partial charge >= 0.3 is 0 Å². The lowest BCUT2D eigenvalue weighted by molar-refractivity contribution is -0.577. The highest BCUT2D eigenvalue weighted by Crippen LogP contribution is 2.33. The number of benzene rings is 2. The monoisotopic (exact) mass is 323 g/mol. The molecule has 0 N–H and O–H groups in total. The van der Waals surface area contributed by atoms with Crippen molar-refractivity contribution in [3.63, 3.8) is 0 Å². The summed E-state index contributed by atoms with van der Waals surface area (Å²) in [6.45, 7) is 0. The van der Waals surface area contributed by atoms with E-state index in [9.17, 15) is 9.60 Å². The summed E-state index contributed by atoms with van der Waals surface area (Å²) in [4.78, 5) is 0. The van der Waals surface area contributed by atoms with E-state index in [0.717, 1.165) is 6.07 Å². The lowest BCUT2D eigenvalue weighted by Crippen LogP contribution is -2.25. The maximum Gasteiger partial charge on any atom is 0.229 e. The van der Waals surface area contributed by atoms with Crippen molar-refractivity contribution in [1.29, 1.82) is 0 Å². The van der Waals surface area contributed by atoms with Crippen LogP contribution in [0.5, 0.6) is 11.5 Å². The Balaban J connectivity index is 2.11. The van der Waals surface area contributed by atoms with Gasteiger partial charge in [0.2, 0.25) is 5.52 Å². The van der Waals surface area contributed by atoms with Gasteiger partial charge in [-0.15, -0.1) is 0 Å². The average Bonchev–Trinajstić information content (AvgIpc) is 2.45. The van der Waals surface area contributed by atoms with E-state index in [1.54, 1.807) is 18.2 Å². The molecular weight excluding hydrogens is 316 g/mol. The maximum absolute atomic E-state index is 13.0. The van der Waals surface area contributed by atoms with Crippen LogP contribution in [-0.4, -0.2) is 0 Å². The van der Waals surface area contributed by atoms with Gasteiger partial charge in [-0.2, -0.15) is 4.73 Å².